The van der Waals surface area contributed by atoms with Crippen LogP contribution in [0, 0.1) is 0 Å². The normalized spacial score (nSPS) is 18.6. The molecule has 3 N–H and O–H groups in total. The predicted octanol–water partition coefficient (Wildman–Crippen LogP) is 0.864. The zero-order valence-corrected chi connectivity index (χ0v) is 16.0. The monoisotopic (exact) mass is 381 g/mol. The predicted molar refractivity (Wildman–Crippen MR) is 99.3 cm³/mol. The fraction of sp³-hybridized carbons (Fsp3) is 0.667. The lowest BCUT2D eigenvalue weighted by Gasteiger charge is -2.44. The summed E-state index contributed by atoms with van der Waals surface area (Å²) in [4.78, 5) is 28.0. The maximum atomic E-state index is 12.4. The van der Waals surface area contributed by atoms with E-state index in [1.807, 2.05) is 6.07 Å². The first-order chi connectivity index (χ1) is 12.6. The smallest absolute Gasteiger partial charge is 0.261 e. The molecule has 3 heterocycles. The Morgan fingerprint density at radius 1 is 1.42 bits per heavy atom. The van der Waals surface area contributed by atoms with Crippen LogP contribution in [0.1, 0.15) is 39.4 Å². The molecule has 1 fully saturated rings. The molecule has 1 aromatic rings. The number of hydrogen-bond acceptors (Lipinski definition) is 6. The van der Waals surface area contributed by atoms with Crippen molar-refractivity contribution in [3.8, 4) is 0 Å². The number of carbonyl (C=O) groups is 2. The van der Waals surface area contributed by atoms with Crippen LogP contribution in [-0.4, -0.2) is 63.2 Å². The fourth-order valence-electron chi connectivity index (χ4n) is 3.69. The molecule has 0 atom stereocenters. The number of hydrogen-bond donors (Lipinski definition) is 2. The Labute approximate surface area is 157 Å². The van der Waals surface area contributed by atoms with E-state index in [0.29, 0.717) is 32.8 Å². The van der Waals surface area contributed by atoms with Gasteiger partial charge < -0.3 is 25.4 Å². The Kier molecular flexibility index (Phi) is 6.29. The quantitative estimate of drug-likeness (QED) is 0.713. The molecule has 3 rings (SSSR count). The van der Waals surface area contributed by atoms with Gasteiger partial charge in [-0.2, -0.15) is 0 Å². The van der Waals surface area contributed by atoms with E-state index in [1.165, 1.54) is 4.88 Å². The van der Waals surface area contributed by atoms with Crippen LogP contribution in [0.25, 0.3) is 0 Å². The highest BCUT2D eigenvalue weighted by molar-refractivity contribution is 7.14. The first-order valence-corrected chi connectivity index (χ1v) is 9.93. The molecule has 0 bridgehead atoms. The lowest BCUT2D eigenvalue weighted by Crippen LogP contribution is -2.49. The van der Waals surface area contributed by atoms with Gasteiger partial charge in [0.2, 0.25) is 5.91 Å². The van der Waals surface area contributed by atoms with Crippen LogP contribution in [0.2, 0.25) is 0 Å². The van der Waals surface area contributed by atoms with Gasteiger partial charge in [-0.1, -0.05) is 0 Å². The molecule has 2 aliphatic rings. The van der Waals surface area contributed by atoms with Crippen LogP contribution in [0.3, 0.4) is 0 Å². The number of nitrogens with two attached hydrogens (primary N) is 1. The zero-order chi connectivity index (χ0) is 18.6. The number of ether oxygens (including phenoxy) is 2. The Balaban J connectivity index is 1.69. The average molecular weight is 381 g/mol. The minimum Gasteiger partial charge on any atom is -0.385 e. The van der Waals surface area contributed by atoms with Crippen molar-refractivity contribution >= 4 is 23.2 Å². The van der Waals surface area contributed by atoms with E-state index >= 15 is 0 Å². The van der Waals surface area contributed by atoms with E-state index in [0.717, 1.165) is 36.1 Å². The molecular formula is C18H27N3O4S. The number of thiophene rings is 1. The van der Waals surface area contributed by atoms with Gasteiger partial charge in [0.15, 0.2) is 0 Å². The highest BCUT2D eigenvalue weighted by atomic mass is 32.1. The van der Waals surface area contributed by atoms with Crippen LogP contribution < -0.4 is 11.1 Å². The van der Waals surface area contributed by atoms with E-state index in [1.54, 1.807) is 23.3 Å². The van der Waals surface area contributed by atoms with E-state index in [4.69, 9.17) is 15.2 Å². The summed E-state index contributed by atoms with van der Waals surface area (Å²) in [6.45, 7) is 3.23. The second kappa shape index (κ2) is 8.47. The number of piperidine rings is 1. The fourth-order valence-corrected chi connectivity index (χ4v) is 4.84. The van der Waals surface area contributed by atoms with Gasteiger partial charge in [-0.05, 0) is 30.9 Å². The third-order valence-electron chi connectivity index (χ3n) is 5.14. The maximum Gasteiger partial charge on any atom is 0.261 e. The van der Waals surface area contributed by atoms with Gasteiger partial charge in [0.25, 0.3) is 5.91 Å². The summed E-state index contributed by atoms with van der Waals surface area (Å²) < 4.78 is 11.2. The highest BCUT2D eigenvalue weighted by Gasteiger charge is 2.42. The average Bonchev–Trinajstić information content (AvgIpc) is 3.11. The molecule has 0 aromatic carbocycles. The van der Waals surface area contributed by atoms with E-state index in [-0.39, 0.29) is 24.0 Å². The van der Waals surface area contributed by atoms with E-state index in [2.05, 4.69) is 5.32 Å². The van der Waals surface area contributed by atoms with Crippen molar-refractivity contribution in [3.63, 3.8) is 0 Å². The molecule has 8 heteroatoms. The van der Waals surface area contributed by atoms with Crippen LogP contribution >= 0.6 is 11.3 Å². The topological polar surface area (TPSA) is 93.9 Å². The first-order valence-electron chi connectivity index (χ1n) is 9.12. The number of amides is 2. The number of likely N-dealkylation sites (tertiary alicyclic amines) is 1. The van der Waals surface area contributed by atoms with Crippen molar-refractivity contribution in [2.75, 3.05) is 46.5 Å². The van der Waals surface area contributed by atoms with Crippen LogP contribution in [0.5, 0.6) is 0 Å². The third kappa shape index (κ3) is 3.93. The minimum atomic E-state index is -0.371. The Hall–Kier alpha value is -1.48. The minimum absolute atomic E-state index is 0.0164. The van der Waals surface area contributed by atoms with Gasteiger partial charge in [-0.15, -0.1) is 11.3 Å². The Morgan fingerprint density at radius 3 is 2.88 bits per heavy atom. The zero-order valence-electron chi connectivity index (χ0n) is 15.2. The maximum absolute atomic E-state index is 12.4. The van der Waals surface area contributed by atoms with Gasteiger partial charge >= 0.3 is 0 Å². The van der Waals surface area contributed by atoms with E-state index in [9.17, 15) is 9.59 Å². The number of carbonyl (C=O) groups excluding carboxylic acids is 2. The summed E-state index contributed by atoms with van der Waals surface area (Å²) in [5.74, 6) is -0.0521. The van der Waals surface area contributed by atoms with Crippen molar-refractivity contribution < 1.29 is 19.1 Å². The molecule has 0 saturated carbocycles. The standard InChI is InChI=1S/C18H27N3O4S/c1-24-9-2-6-20-17(23)15-11-13-14(26-15)3-10-25-18(13)4-7-21(8-5-18)16(22)12-19/h11H,2-10,12,19H2,1H3,(H,20,23). The molecule has 144 valence electrons. The molecule has 1 aromatic heterocycles. The molecule has 0 unspecified atom stereocenters. The van der Waals surface area contributed by atoms with Crippen molar-refractivity contribution in [1.29, 1.82) is 0 Å². The molecule has 1 saturated heterocycles. The van der Waals surface area contributed by atoms with Crippen LogP contribution in [0.15, 0.2) is 6.07 Å². The van der Waals surface area contributed by atoms with Gasteiger partial charge in [-0.3, -0.25) is 9.59 Å². The first kappa shape index (κ1) is 19.3. The summed E-state index contributed by atoms with van der Waals surface area (Å²) in [5, 5.41) is 2.95. The summed E-state index contributed by atoms with van der Waals surface area (Å²) >= 11 is 1.56. The second-order valence-electron chi connectivity index (χ2n) is 6.73. The molecular weight excluding hydrogens is 354 g/mol. The van der Waals surface area contributed by atoms with Gasteiger partial charge in [0.1, 0.15) is 0 Å². The largest absolute Gasteiger partial charge is 0.385 e. The molecule has 0 radical (unpaired) electrons. The van der Waals surface area contributed by atoms with Crippen LogP contribution in [-0.2, 0) is 26.3 Å². The van der Waals surface area contributed by atoms with Crippen molar-refractivity contribution in [2.24, 2.45) is 5.73 Å². The summed E-state index contributed by atoms with van der Waals surface area (Å²) in [5.41, 5.74) is 6.24. The molecule has 1 spiro atoms. The number of methoxy groups -OCH3 is 1. The Bertz CT molecular complexity index is 653. The van der Waals surface area contributed by atoms with Crippen molar-refractivity contribution in [2.45, 2.75) is 31.3 Å². The highest BCUT2D eigenvalue weighted by Crippen LogP contribution is 2.44. The SMILES string of the molecule is COCCCNC(=O)c1cc2c(s1)CCOC21CCN(C(=O)CN)CC1. The van der Waals surface area contributed by atoms with Crippen LogP contribution in [0.4, 0.5) is 0 Å². The number of nitrogens with one attached hydrogen (secondary N) is 1. The van der Waals surface area contributed by atoms with E-state index < -0.39 is 0 Å². The molecule has 2 amide bonds. The molecule has 26 heavy (non-hydrogen) atoms. The van der Waals surface area contributed by atoms with Gasteiger partial charge in [0.05, 0.1) is 23.6 Å². The summed E-state index contributed by atoms with van der Waals surface area (Å²) in [6, 6.07) is 1.99. The number of fused-ring (bicyclic) bond motifs is 2. The number of nitrogens with zero attached hydrogens (tertiary/aromatic N) is 1. The molecule has 2 aliphatic heterocycles. The summed E-state index contributed by atoms with van der Waals surface area (Å²) in [7, 11) is 1.65. The number of rotatable bonds is 6. The van der Waals surface area contributed by atoms with Gasteiger partial charge in [-0.25, -0.2) is 0 Å². The Morgan fingerprint density at radius 2 is 2.19 bits per heavy atom. The second-order valence-corrected chi connectivity index (χ2v) is 7.86. The lowest BCUT2D eigenvalue weighted by atomic mass is 9.82. The molecule has 0 aliphatic carbocycles. The summed E-state index contributed by atoms with van der Waals surface area (Å²) in [6.07, 6.45) is 3.13. The molecule has 7 nitrogen and oxygen atoms in total. The van der Waals surface area contributed by atoms with Crippen molar-refractivity contribution in [3.05, 3.63) is 21.4 Å². The van der Waals surface area contributed by atoms with Gasteiger partial charge in [0, 0.05) is 44.6 Å². The van der Waals surface area contributed by atoms with Crippen molar-refractivity contribution in [1.82, 2.24) is 10.2 Å². The lowest BCUT2D eigenvalue weighted by molar-refractivity contribution is -0.139. The third-order valence-corrected chi connectivity index (χ3v) is 6.33.